The zero-order valence-electron chi connectivity index (χ0n) is 24.1. The molecule has 0 unspecified atom stereocenters. The molecule has 0 spiro atoms. The van der Waals surface area contributed by atoms with Gasteiger partial charge >= 0.3 is 12.2 Å². The van der Waals surface area contributed by atoms with Crippen LogP contribution < -0.4 is 10.6 Å². The van der Waals surface area contributed by atoms with Crippen molar-refractivity contribution in [3.8, 4) is 0 Å². The third kappa shape index (κ3) is 37.5. The number of aliphatic hydroxyl groups is 2. The van der Waals surface area contributed by atoms with Gasteiger partial charge in [0.2, 0.25) is 12.8 Å². The number of hydrogen-bond acceptors (Lipinski definition) is 18. The van der Waals surface area contributed by atoms with Crippen molar-refractivity contribution in [2.45, 2.75) is 0 Å². The quantitative estimate of drug-likeness (QED) is 0.0198. The maximum absolute atomic E-state index is 11.7. The lowest BCUT2D eigenvalue weighted by atomic mass is 10.7. The van der Waals surface area contributed by atoms with Gasteiger partial charge in [0.25, 0.3) is 0 Å². The maximum Gasteiger partial charge on any atom is 0.407 e. The summed E-state index contributed by atoms with van der Waals surface area (Å²) < 4.78 is 9.85. The zero-order chi connectivity index (χ0) is 31.3. The Bertz CT molecular complexity index is 693. The average Bonchev–Trinajstić information content (AvgIpc) is 3.01. The Kier molecular flexibility index (Phi) is 37.1. The Labute approximate surface area is 279 Å². The van der Waals surface area contributed by atoms with Crippen LogP contribution in [0.25, 0.3) is 0 Å². The number of hydrogen-bond donors (Lipinski definition) is 4. The number of aliphatic hydroxyl groups excluding tert-OH is 2. The molecule has 0 fully saturated rings. The fraction of sp³-hybridized carbons (Fsp3) is 0.826. The van der Waals surface area contributed by atoms with Gasteiger partial charge in [-0.2, -0.15) is 9.78 Å². The normalized spacial score (nSPS) is 11.2. The Morgan fingerprint density at radius 2 is 1.02 bits per heavy atom. The van der Waals surface area contributed by atoms with Crippen molar-refractivity contribution in [1.82, 2.24) is 10.6 Å². The van der Waals surface area contributed by atoms with Crippen molar-refractivity contribution in [1.29, 1.82) is 0 Å². The molecule has 0 rings (SSSR count). The molecule has 43 heavy (non-hydrogen) atoms. The fourth-order valence-corrected chi connectivity index (χ4v) is 7.69. The van der Waals surface area contributed by atoms with Crippen LogP contribution in [0.4, 0.5) is 9.59 Å². The summed E-state index contributed by atoms with van der Waals surface area (Å²) in [4.78, 5) is 50.2. The number of amides is 2. The summed E-state index contributed by atoms with van der Waals surface area (Å²) in [6, 6.07) is 0. The number of carbonyl (C=O) groups is 2. The van der Waals surface area contributed by atoms with Gasteiger partial charge in [-0.05, 0) is 0 Å². The van der Waals surface area contributed by atoms with Crippen molar-refractivity contribution < 1.29 is 48.8 Å². The SMILES string of the molecule is O=C(NCCSCSCCN=COOCCSCSCCOC(=O)NCCSCSCCN=COOCCO)OCCO. The van der Waals surface area contributed by atoms with Gasteiger partial charge in [-0.25, -0.2) is 9.59 Å². The van der Waals surface area contributed by atoms with Gasteiger partial charge in [0.05, 0.1) is 26.3 Å². The molecule has 2 amide bonds. The van der Waals surface area contributed by atoms with Gasteiger partial charge in [-0.1, -0.05) is 0 Å². The van der Waals surface area contributed by atoms with Crippen molar-refractivity contribution in [3.05, 3.63) is 0 Å². The monoisotopic (exact) mass is 728 g/mol. The van der Waals surface area contributed by atoms with E-state index in [0.717, 1.165) is 49.8 Å². The molecule has 0 bridgehead atoms. The fourth-order valence-electron chi connectivity index (χ4n) is 2.10. The van der Waals surface area contributed by atoms with Crippen LogP contribution in [-0.2, 0) is 29.0 Å². The highest BCUT2D eigenvalue weighted by molar-refractivity contribution is 8.16. The van der Waals surface area contributed by atoms with Gasteiger partial charge in [0, 0.05) is 62.9 Å². The first-order chi connectivity index (χ1) is 21.2. The van der Waals surface area contributed by atoms with Crippen LogP contribution in [0.3, 0.4) is 0 Å². The van der Waals surface area contributed by atoms with E-state index in [4.69, 9.17) is 24.7 Å². The van der Waals surface area contributed by atoms with E-state index in [2.05, 4.69) is 35.1 Å². The Morgan fingerprint density at radius 1 is 0.581 bits per heavy atom. The number of aliphatic imine (C=N–C) groups is 2. The topological polar surface area (TPSA) is 179 Å². The van der Waals surface area contributed by atoms with E-state index >= 15 is 0 Å². The first kappa shape index (κ1) is 42.4. The van der Waals surface area contributed by atoms with Gasteiger partial charge in [-0.15, -0.1) is 70.6 Å². The minimum absolute atomic E-state index is 0.00677. The lowest BCUT2D eigenvalue weighted by Gasteiger charge is -2.07. The van der Waals surface area contributed by atoms with E-state index in [1.165, 1.54) is 12.8 Å². The summed E-state index contributed by atoms with van der Waals surface area (Å²) in [7, 11) is 0. The Morgan fingerprint density at radius 3 is 1.56 bits per heavy atom. The standard InChI is InChI=1S/C23H44N4O10S6/c28-5-7-32-22(30)26-3-13-40-19-39-12-2-25-18-37-35-10-16-43-21-42-15-9-33-23(31)27-4-14-41-20-38-11-1-24-17-36-34-8-6-29/h17-18,28-29H,1-16,19-21H2,(H,26,30)(H,27,31). The summed E-state index contributed by atoms with van der Waals surface area (Å²) >= 11 is 10.3. The highest BCUT2D eigenvalue weighted by atomic mass is 32.2. The number of nitrogens with one attached hydrogen (secondary N) is 2. The molecule has 0 radical (unpaired) electrons. The largest absolute Gasteiger partial charge is 0.449 e. The molecule has 0 saturated heterocycles. The number of rotatable bonds is 32. The molecule has 4 N–H and O–H groups in total. The average molecular weight is 729 g/mol. The van der Waals surface area contributed by atoms with Crippen LogP contribution in [0.15, 0.2) is 9.98 Å². The van der Waals surface area contributed by atoms with Gasteiger partial charge < -0.3 is 40.1 Å². The van der Waals surface area contributed by atoms with Crippen LogP contribution in [-0.4, -0.2) is 151 Å². The smallest absolute Gasteiger partial charge is 0.407 e. The van der Waals surface area contributed by atoms with E-state index in [9.17, 15) is 9.59 Å². The van der Waals surface area contributed by atoms with E-state index in [1.807, 2.05) is 0 Å². The molecule has 0 aliphatic rings. The second-order valence-corrected chi connectivity index (χ2v) is 15.0. The molecule has 0 saturated carbocycles. The molecule has 0 aromatic carbocycles. The number of carbonyl (C=O) groups excluding carboxylic acids is 2. The highest BCUT2D eigenvalue weighted by Crippen LogP contribution is 2.13. The zero-order valence-corrected chi connectivity index (χ0v) is 29.0. The lowest BCUT2D eigenvalue weighted by Crippen LogP contribution is -2.27. The van der Waals surface area contributed by atoms with Gasteiger partial charge in [0.1, 0.15) is 26.4 Å². The van der Waals surface area contributed by atoms with E-state index in [-0.39, 0.29) is 26.4 Å². The minimum atomic E-state index is -0.510. The third-order valence-electron chi connectivity index (χ3n) is 3.90. The molecule has 0 aromatic rings. The second-order valence-electron chi connectivity index (χ2n) is 7.24. The number of thioether (sulfide) groups is 6. The van der Waals surface area contributed by atoms with Crippen molar-refractivity contribution in [3.63, 3.8) is 0 Å². The molecule has 0 aromatic heterocycles. The molecule has 0 aliphatic heterocycles. The molecule has 0 heterocycles. The van der Waals surface area contributed by atoms with Crippen LogP contribution in [0.5, 0.6) is 0 Å². The van der Waals surface area contributed by atoms with Crippen molar-refractivity contribution in [2.24, 2.45) is 9.98 Å². The first-order valence-corrected chi connectivity index (χ1v) is 20.2. The van der Waals surface area contributed by atoms with Crippen LogP contribution in [0, 0.1) is 0 Å². The molecular formula is C23H44N4O10S6. The van der Waals surface area contributed by atoms with E-state index in [0.29, 0.717) is 39.4 Å². The minimum Gasteiger partial charge on any atom is -0.449 e. The van der Waals surface area contributed by atoms with Crippen LogP contribution in [0.1, 0.15) is 0 Å². The van der Waals surface area contributed by atoms with E-state index < -0.39 is 12.2 Å². The molecule has 252 valence electrons. The molecule has 14 nitrogen and oxygen atoms in total. The summed E-state index contributed by atoms with van der Waals surface area (Å²) in [6.07, 6.45) is 1.63. The second kappa shape index (κ2) is 37.6. The number of alkyl carbamates (subject to hydrolysis) is 2. The number of nitrogens with zero attached hydrogens (tertiary/aromatic N) is 2. The molecule has 0 atom stereocenters. The van der Waals surface area contributed by atoms with Crippen LogP contribution in [0.2, 0.25) is 0 Å². The first-order valence-electron chi connectivity index (χ1n) is 13.2. The Balaban J connectivity index is 3.24. The van der Waals surface area contributed by atoms with Gasteiger partial charge in [-0.3, -0.25) is 9.98 Å². The summed E-state index contributed by atoms with van der Waals surface area (Å²) in [5.74, 6) is 4.80. The lowest BCUT2D eigenvalue weighted by molar-refractivity contribution is -0.221. The van der Waals surface area contributed by atoms with Gasteiger partial charge in [0.15, 0.2) is 0 Å². The summed E-state index contributed by atoms with van der Waals surface area (Å²) in [5.41, 5.74) is 0. The molecular weight excluding hydrogens is 685 g/mol. The van der Waals surface area contributed by atoms with E-state index in [1.54, 1.807) is 70.6 Å². The van der Waals surface area contributed by atoms with Crippen molar-refractivity contribution >= 4 is 95.6 Å². The maximum atomic E-state index is 11.7. The summed E-state index contributed by atoms with van der Waals surface area (Å²) in [6.45, 7) is 2.98. The molecule has 0 aliphatic carbocycles. The van der Waals surface area contributed by atoms with Crippen LogP contribution >= 0.6 is 70.6 Å². The third-order valence-corrected chi connectivity index (χ3v) is 10.7. The van der Waals surface area contributed by atoms with Crippen molar-refractivity contribution in [2.75, 3.05) is 116 Å². The molecule has 20 heteroatoms. The highest BCUT2D eigenvalue weighted by Gasteiger charge is 2.02. The Hall–Kier alpha value is -0.580. The summed E-state index contributed by atoms with van der Waals surface area (Å²) in [5, 5.41) is 25.1. The number of ether oxygens (including phenoxy) is 2. The predicted molar refractivity (Wildman–Crippen MR) is 183 cm³/mol. The predicted octanol–water partition coefficient (Wildman–Crippen LogP) is 2.65.